The van der Waals surface area contributed by atoms with Crippen molar-refractivity contribution in [1.29, 1.82) is 0 Å². The number of anilines is 1. The Bertz CT molecular complexity index is 521. The fraction of sp³-hybridized carbons (Fsp3) is 0.357. The molecule has 3 heteroatoms. The first-order valence-electron chi connectivity index (χ1n) is 6.14. The Morgan fingerprint density at radius 1 is 1.29 bits per heavy atom. The van der Waals surface area contributed by atoms with Crippen molar-refractivity contribution in [3.63, 3.8) is 0 Å². The fourth-order valence-electron chi connectivity index (χ4n) is 2.19. The number of nitrogens with two attached hydrogens (primary N) is 1. The van der Waals surface area contributed by atoms with Gasteiger partial charge in [0.15, 0.2) is 5.82 Å². The summed E-state index contributed by atoms with van der Waals surface area (Å²) in [6.45, 7) is 2.09. The van der Waals surface area contributed by atoms with Gasteiger partial charge in [-0.15, -0.1) is 0 Å². The molecule has 3 nitrogen and oxygen atoms in total. The highest BCUT2D eigenvalue weighted by atomic mass is 15.2. The van der Waals surface area contributed by atoms with E-state index in [1.807, 2.05) is 0 Å². The van der Waals surface area contributed by atoms with Crippen molar-refractivity contribution >= 4 is 5.82 Å². The van der Waals surface area contributed by atoms with E-state index in [0.717, 1.165) is 23.5 Å². The molecular formula is C14H17N3. The summed E-state index contributed by atoms with van der Waals surface area (Å²) in [5.74, 6) is 1.45. The maximum atomic E-state index is 5.97. The second-order valence-electron chi connectivity index (χ2n) is 4.98. The van der Waals surface area contributed by atoms with Gasteiger partial charge in [-0.05, 0) is 37.7 Å². The van der Waals surface area contributed by atoms with Crippen molar-refractivity contribution in [2.75, 3.05) is 5.73 Å². The van der Waals surface area contributed by atoms with E-state index in [1.165, 1.54) is 24.1 Å². The van der Waals surface area contributed by atoms with Crippen LogP contribution >= 0.6 is 0 Å². The zero-order valence-corrected chi connectivity index (χ0v) is 10.0. The number of aromatic amines is 1. The molecule has 88 valence electrons. The van der Waals surface area contributed by atoms with Crippen LogP contribution < -0.4 is 5.73 Å². The van der Waals surface area contributed by atoms with Gasteiger partial charge in [0.25, 0.3) is 0 Å². The lowest BCUT2D eigenvalue weighted by molar-refractivity contribution is 0.798. The van der Waals surface area contributed by atoms with Crippen molar-refractivity contribution in [3.05, 3.63) is 35.5 Å². The molecule has 0 unspecified atom stereocenters. The summed E-state index contributed by atoms with van der Waals surface area (Å²) in [6, 6.07) is 8.46. The Balaban J connectivity index is 1.99. The van der Waals surface area contributed by atoms with E-state index < -0.39 is 0 Å². The summed E-state index contributed by atoms with van der Waals surface area (Å²) >= 11 is 0. The molecule has 0 aliphatic heterocycles. The minimum Gasteiger partial charge on any atom is -0.382 e. The van der Waals surface area contributed by atoms with Gasteiger partial charge in [0.2, 0.25) is 0 Å². The molecule has 1 aromatic heterocycles. The third-order valence-electron chi connectivity index (χ3n) is 3.40. The highest BCUT2D eigenvalue weighted by Crippen LogP contribution is 2.36. The summed E-state index contributed by atoms with van der Waals surface area (Å²) in [5.41, 5.74) is 10.7. The quantitative estimate of drug-likeness (QED) is 0.847. The molecule has 0 radical (unpaired) electrons. The van der Waals surface area contributed by atoms with Crippen LogP contribution in [0.15, 0.2) is 24.3 Å². The van der Waals surface area contributed by atoms with Crippen molar-refractivity contribution in [3.8, 4) is 11.1 Å². The first-order chi connectivity index (χ1) is 8.24. The number of benzene rings is 1. The molecule has 1 aliphatic carbocycles. The van der Waals surface area contributed by atoms with Crippen LogP contribution in [0.3, 0.4) is 0 Å². The Morgan fingerprint density at radius 2 is 2.00 bits per heavy atom. The van der Waals surface area contributed by atoms with Gasteiger partial charge in [-0.1, -0.05) is 29.8 Å². The molecule has 0 spiro atoms. The number of hydrogen-bond acceptors (Lipinski definition) is 2. The lowest BCUT2D eigenvalue weighted by atomic mass is 10.0. The van der Waals surface area contributed by atoms with E-state index in [0.29, 0.717) is 5.82 Å². The molecule has 1 saturated carbocycles. The fourth-order valence-corrected chi connectivity index (χ4v) is 2.19. The average Bonchev–Trinajstić information content (AvgIpc) is 3.05. The third-order valence-corrected chi connectivity index (χ3v) is 3.40. The van der Waals surface area contributed by atoms with E-state index in [4.69, 9.17) is 5.73 Å². The molecule has 0 amide bonds. The molecule has 3 N–H and O–H groups in total. The lowest BCUT2D eigenvalue weighted by Crippen LogP contribution is -1.92. The maximum Gasteiger partial charge on any atom is 0.153 e. The second kappa shape index (κ2) is 3.91. The van der Waals surface area contributed by atoms with Gasteiger partial charge in [0, 0.05) is 11.3 Å². The zero-order chi connectivity index (χ0) is 11.8. The molecule has 0 saturated heterocycles. The first-order valence-corrected chi connectivity index (χ1v) is 6.14. The van der Waals surface area contributed by atoms with Crippen LogP contribution in [0.4, 0.5) is 5.82 Å². The summed E-state index contributed by atoms with van der Waals surface area (Å²) in [6.07, 6.45) is 3.76. The van der Waals surface area contributed by atoms with Gasteiger partial charge in [-0.3, -0.25) is 5.10 Å². The van der Waals surface area contributed by atoms with E-state index in [-0.39, 0.29) is 0 Å². The second-order valence-corrected chi connectivity index (χ2v) is 4.98. The SMILES string of the molecule is Cc1ccc(-c2c(N)n[nH]c2CC2CC2)cc1. The Kier molecular flexibility index (Phi) is 2.39. The van der Waals surface area contributed by atoms with Crippen molar-refractivity contribution in [2.24, 2.45) is 5.92 Å². The zero-order valence-electron chi connectivity index (χ0n) is 10.0. The summed E-state index contributed by atoms with van der Waals surface area (Å²) in [4.78, 5) is 0. The number of nitrogens with one attached hydrogen (secondary N) is 1. The van der Waals surface area contributed by atoms with E-state index in [1.54, 1.807) is 0 Å². The minimum atomic E-state index is 0.615. The summed E-state index contributed by atoms with van der Waals surface area (Å²) in [5, 5.41) is 7.23. The van der Waals surface area contributed by atoms with Crippen LogP contribution in [-0.4, -0.2) is 10.2 Å². The Hall–Kier alpha value is -1.77. The number of nitrogens with zero attached hydrogens (tertiary/aromatic N) is 1. The predicted octanol–water partition coefficient (Wildman–Crippen LogP) is 2.92. The molecule has 3 rings (SSSR count). The molecule has 1 fully saturated rings. The largest absolute Gasteiger partial charge is 0.382 e. The van der Waals surface area contributed by atoms with Crippen molar-refractivity contribution in [2.45, 2.75) is 26.2 Å². The topological polar surface area (TPSA) is 54.7 Å². The molecule has 17 heavy (non-hydrogen) atoms. The monoisotopic (exact) mass is 227 g/mol. The van der Waals surface area contributed by atoms with E-state index in [2.05, 4.69) is 41.4 Å². The smallest absolute Gasteiger partial charge is 0.153 e. The standard InChI is InChI=1S/C14H17N3/c1-9-2-6-11(7-3-9)13-12(8-10-4-5-10)16-17-14(13)15/h2-3,6-7,10H,4-5,8H2,1H3,(H3,15,16,17). The van der Waals surface area contributed by atoms with Crippen LogP contribution in [0, 0.1) is 12.8 Å². The number of hydrogen-bond donors (Lipinski definition) is 2. The van der Waals surface area contributed by atoms with Crippen LogP contribution in [0.5, 0.6) is 0 Å². The van der Waals surface area contributed by atoms with Crippen molar-refractivity contribution < 1.29 is 0 Å². The molecule has 1 aromatic carbocycles. The van der Waals surface area contributed by atoms with Gasteiger partial charge in [-0.2, -0.15) is 5.10 Å². The average molecular weight is 227 g/mol. The van der Waals surface area contributed by atoms with Gasteiger partial charge in [-0.25, -0.2) is 0 Å². The van der Waals surface area contributed by atoms with Gasteiger partial charge in [0.05, 0.1) is 0 Å². The highest BCUT2D eigenvalue weighted by molar-refractivity contribution is 5.76. The number of nitrogen functional groups attached to an aromatic ring is 1. The summed E-state index contributed by atoms with van der Waals surface area (Å²) < 4.78 is 0. The molecule has 1 heterocycles. The van der Waals surface area contributed by atoms with Gasteiger partial charge in [0.1, 0.15) is 0 Å². The first kappa shape index (κ1) is 10.4. The molecule has 2 aromatic rings. The maximum absolute atomic E-state index is 5.97. The van der Waals surface area contributed by atoms with Crippen LogP contribution in [0.2, 0.25) is 0 Å². The molecule has 0 atom stereocenters. The predicted molar refractivity (Wildman–Crippen MR) is 69.6 cm³/mol. The Labute approximate surface area is 101 Å². The third kappa shape index (κ3) is 2.05. The number of aromatic nitrogens is 2. The van der Waals surface area contributed by atoms with Gasteiger partial charge < -0.3 is 5.73 Å². The highest BCUT2D eigenvalue weighted by Gasteiger charge is 2.25. The summed E-state index contributed by atoms with van der Waals surface area (Å²) in [7, 11) is 0. The van der Waals surface area contributed by atoms with E-state index >= 15 is 0 Å². The van der Waals surface area contributed by atoms with Gasteiger partial charge >= 0.3 is 0 Å². The Morgan fingerprint density at radius 3 is 2.65 bits per heavy atom. The normalized spacial score (nSPS) is 15.1. The molecule has 0 bridgehead atoms. The number of H-pyrrole nitrogens is 1. The van der Waals surface area contributed by atoms with E-state index in [9.17, 15) is 0 Å². The lowest BCUT2D eigenvalue weighted by Gasteiger charge is -2.04. The molecular weight excluding hydrogens is 210 g/mol. The van der Waals surface area contributed by atoms with Crippen LogP contribution in [0.1, 0.15) is 24.1 Å². The number of aryl methyl sites for hydroxylation is 1. The molecule has 1 aliphatic rings. The minimum absolute atomic E-state index is 0.615. The van der Waals surface area contributed by atoms with Crippen LogP contribution in [0.25, 0.3) is 11.1 Å². The van der Waals surface area contributed by atoms with Crippen molar-refractivity contribution in [1.82, 2.24) is 10.2 Å². The van der Waals surface area contributed by atoms with Crippen LogP contribution in [-0.2, 0) is 6.42 Å². The number of rotatable bonds is 3.